The normalized spacial score (nSPS) is 21.1. The predicted octanol–water partition coefficient (Wildman–Crippen LogP) is 4.01. The lowest BCUT2D eigenvalue weighted by molar-refractivity contribution is -0.131. The number of benzene rings is 1. The molecule has 1 atom stereocenters. The molecule has 0 spiro atoms. The number of likely N-dealkylation sites (tertiary alicyclic amines) is 1. The van der Waals surface area contributed by atoms with Crippen LogP contribution in [-0.2, 0) is 11.2 Å². The van der Waals surface area contributed by atoms with Gasteiger partial charge in [0.15, 0.2) is 0 Å². The van der Waals surface area contributed by atoms with E-state index in [1.165, 1.54) is 16.5 Å². The second-order valence-electron chi connectivity index (χ2n) is 8.55. The predicted molar refractivity (Wildman–Crippen MR) is 123 cm³/mol. The summed E-state index contributed by atoms with van der Waals surface area (Å²) in [4.78, 5) is 33.2. The average Bonchev–Trinajstić information content (AvgIpc) is 2.95. The summed E-state index contributed by atoms with van der Waals surface area (Å²) in [5.41, 5.74) is 1.15. The lowest BCUT2D eigenvalue weighted by Gasteiger charge is -2.34. The molecule has 1 aromatic heterocycles. The van der Waals surface area contributed by atoms with Crippen LogP contribution in [-0.4, -0.2) is 71.8 Å². The molecule has 0 unspecified atom stereocenters. The van der Waals surface area contributed by atoms with E-state index in [4.69, 9.17) is 0 Å². The summed E-state index contributed by atoms with van der Waals surface area (Å²) in [6.07, 6.45) is 5.21. The van der Waals surface area contributed by atoms with Gasteiger partial charge in [-0.15, -0.1) is 11.3 Å². The van der Waals surface area contributed by atoms with Gasteiger partial charge in [-0.3, -0.25) is 9.59 Å². The van der Waals surface area contributed by atoms with Gasteiger partial charge < -0.3 is 14.7 Å². The van der Waals surface area contributed by atoms with Crippen LogP contribution in [0.15, 0.2) is 24.3 Å². The highest BCUT2D eigenvalue weighted by atomic mass is 32.1. The number of fused-ring (bicyclic) bond motifs is 1. The minimum atomic E-state index is 0.157. The van der Waals surface area contributed by atoms with Crippen LogP contribution in [0.1, 0.15) is 54.8 Å². The molecule has 2 aliphatic heterocycles. The fraction of sp³-hybridized carbons (Fsp3) is 0.583. The van der Waals surface area contributed by atoms with E-state index in [0.717, 1.165) is 75.4 Å². The molecule has 0 aliphatic carbocycles. The van der Waals surface area contributed by atoms with Gasteiger partial charge in [0.05, 0.1) is 4.88 Å². The minimum Gasteiger partial charge on any atom is -0.340 e. The summed E-state index contributed by atoms with van der Waals surface area (Å²) in [6, 6.07) is 8.55. The number of hydrogen-bond donors (Lipinski definition) is 0. The van der Waals surface area contributed by atoms with Crippen LogP contribution in [0.2, 0.25) is 0 Å². The highest BCUT2D eigenvalue weighted by molar-refractivity contribution is 7.21. The zero-order valence-electron chi connectivity index (χ0n) is 18.2. The second-order valence-corrected chi connectivity index (χ2v) is 9.60. The first-order valence-corrected chi connectivity index (χ1v) is 12.2. The maximum absolute atomic E-state index is 13.5. The molecular formula is C24H33N3O2S. The Bertz CT molecular complexity index is 901. The van der Waals surface area contributed by atoms with Crippen molar-refractivity contribution in [2.24, 2.45) is 0 Å². The highest BCUT2D eigenvalue weighted by Gasteiger charge is 2.30. The number of amides is 2. The van der Waals surface area contributed by atoms with Crippen LogP contribution in [0, 0.1) is 0 Å². The first-order valence-electron chi connectivity index (χ1n) is 11.4. The Labute approximate surface area is 183 Å². The number of piperazine rings is 1. The number of carbonyl (C=O) groups is 2. The molecule has 0 radical (unpaired) electrons. The van der Waals surface area contributed by atoms with Crippen LogP contribution in [0.25, 0.3) is 10.1 Å². The van der Waals surface area contributed by atoms with E-state index in [0.29, 0.717) is 0 Å². The van der Waals surface area contributed by atoms with Crippen LogP contribution in [0.3, 0.4) is 0 Å². The van der Waals surface area contributed by atoms with Gasteiger partial charge in [-0.05, 0) is 42.8 Å². The van der Waals surface area contributed by atoms with Gasteiger partial charge in [0, 0.05) is 50.4 Å². The summed E-state index contributed by atoms with van der Waals surface area (Å²) < 4.78 is 1.17. The zero-order chi connectivity index (χ0) is 21.1. The number of hydrogen-bond acceptors (Lipinski definition) is 4. The Morgan fingerprint density at radius 2 is 1.80 bits per heavy atom. The Hall–Kier alpha value is -1.92. The number of rotatable bonds is 4. The van der Waals surface area contributed by atoms with Gasteiger partial charge in [-0.2, -0.15) is 0 Å². The summed E-state index contributed by atoms with van der Waals surface area (Å²) in [5.74, 6) is 0.329. The maximum atomic E-state index is 13.5. The second kappa shape index (κ2) is 9.48. The summed E-state index contributed by atoms with van der Waals surface area (Å²) >= 11 is 1.63. The van der Waals surface area contributed by atoms with E-state index in [9.17, 15) is 9.59 Å². The quantitative estimate of drug-likeness (QED) is 0.740. The molecule has 3 heterocycles. The molecular weight excluding hydrogens is 394 g/mol. The van der Waals surface area contributed by atoms with Gasteiger partial charge in [0.2, 0.25) is 5.91 Å². The van der Waals surface area contributed by atoms with Crippen molar-refractivity contribution < 1.29 is 9.59 Å². The molecule has 1 aromatic carbocycles. The molecule has 5 nitrogen and oxygen atoms in total. The fourth-order valence-corrected chi connectivity index (χ4v) is 6.13. The van der Waals surface area contributed by atoms with E-state index >= 15 is 0 Å². The van der Waals surface area contributed by atoms with Crippen molar-refractivity contribution in [1.82, 2.24) is 14.7 Å². The fourth-order valence-electron chi connectivity index (χ4n) is 4.92. The van der Waals surface area contributed by atoms with Crippen LogP contribution in [0.4, 0.5) is 0 Å². The molecule has 2 fully saturated rings. The van der Waals surface area contributed by atoms with Crippen molar-refractivity contribution in [3.8, 4) is 0 Å². The maximum Gasteiger partial charge on any atom is 0.264 e. The lowest BCUT2D eigenvalue weighted by atomic mass is 9.97. The third-order valence-corrected chi connectivity index (χ3v) is 7.92. The van der Waals surface area contributed by atoms with Crippen molar-refractivity contribution in [1.29, 1.82) is 0 Å². The van der Waals surface area contributed by atoms with E-state index in [1.54, 1.807) is 18.3 Å². The Morgan fingerprint density at radius 1 is 1.03 bits per heavy atom. The SMILES string of the molecule is CCN1CCN(C(=O)c2sc3ccccc3c2C[C@@H]2CCCCCN2C(C)=O)CC1. The van der Waals surface area contributed by atoms with Crippen molar-refractivity contribution in [3.63, 3.8) is 0 Å². The molecule has 2 aliphatic rings. The average molecular weight is 428 g/mol. The third-order valence-electron chi connectivity index (χ3n) is 6.72. The zero-order valence-corrected chi connectivity index (χ0v) is 19.0. The number of likely N-dealkylation sites (N-methyl/N-ethyl adjacent to an activating group) is 1. The Morgan fingerprint density at radius 3 is 2.53 bits per heavy atom. The Balaban J connectivity index is 1.65. The van der Waals surface area contributed by atoms with Crippen LogP contribution >= 0.6 is 11.3 Å². The van der Waals surface area contributed by atoms with E-state index in [-0.39, 0.29) is 17.9 Å². The van der Waals surface area contributed by atoms with Crippen molar-refractivity contribution >= 4 is 33.2 Å². The molecule has 0 saturated carbocycles. The summed E-state index contributed by atoms with van der Waals surface area (Å²) in [6.45, 7) is 9.22. The molecule has 2 saturated heterocycles. The molecule has 4 rings (SSSR count). The third kappa shape index (κ3) is 4.40. The van der Waals surface area contributed by atoms with E-state index in [2.05, 4.69) is 30.0 Å². The highest BCUT2D eigenvalue weighted by Crippen LogP contribution is 2.35. The van der Waals surface area contributed by atoms with Gasteiger partial charge >= 0.3 is 0 Å². The smallest absolute Gasteiger partial charge is 0.264 e. The minimum absolute atomic E-state index is 0.157. The number of nitrogens with zero attached hydrogens (tertiary/aromatic N) is 3. The molecule has 162 valence electrons. The standard InChI is InChI=1S/C24H33N3O2S/c1-3-25-13-15-26(16-14-25)24(29)23-21(20-10-6-7-11-22(20)30-23)17-19-9-5-4-8-12-27(19)18(2)28/h6-7,10-11,19H,3-5,8-9,12-17H2,1-2H3/t19-/m0/s1. The summed E-state index contributed by atoms with van der Waals surface area (Å²) in [5, 5.41) is 1.19. The van der Waals surface area contributed by atoms with Crippen LogP contribution < -0.4 is 0 Å². The van der Waals surface area contributed by atoms with Gasteiger partial charge in [0.1, 0.15) is 0 Å². The van der Waals surface area contributed by atoms with E-state index in [1.807, 2.05) is 15.9 Å². The number of carbonyl (C=O) groups excluding carboxylic acids is 2. The van der Waals surface area contributed by atoms with E-state index < -0.39 is 0 Å². The van der Waals surface area contributed by atoms with Crippen molar-refractivity contribution in [2.45, 2.75) is 52.0 Å². The Kier molecular flexibility index (Phi) is 6.74. The van der Waals surface area contributed by atoms with Crippen LogP contribution in [0.5, 0.6) is 0 Å². The topological polar surface area (TPSA) is 43.9 Å². The lowest BCUT2D eigenvalue weighted by Crippen LogP contribution is -2.48. The largest absolute Gasteiger partial charge is 0.340 e. The molecule has 2 amide bonds. The summed E-state index contributed by atoms with van der Waals surface area (Å²) in [7, 11) is 0. The van der Waals surface area contributed by atoms with Gasteiger partial charge in [-0.25, -0.2) is 0 Å². The van der Waals surface area contributed by atoms with Crippen molar-refractivity contribution in [3.05, 3.63) is 34.7 Å². The van der Waals surface area contributed by atoms with Gasteiger partial charge in [-0.1, -0.05) is 38.0 Å². The van der Waals surface area contributed by atoms with Crippen molar-refractivity contribution in [2.75, 3.05) is 39.3 Å². The monoisotopic (exact) mass is 427 g/mol. The first-order chi connectivity index (χ1) is 14.6. The molecule has 0 N–H and O–H groups in total. The first kappa shape index (κ1) is 21.3. The number of thiophene rings is 1. The van der Waals surface area contributed by atoms with Gasteiger partial charge in [0.25, 0.3) is 5.91 Å². The molecule has 30 heavy (non-hydrogen) atoms. The molecule has 6 heteroatoms. The molecule has 0 bridgehead atoms. The molecule has 2 aromatic rings.